The Balaban J connectivity index is 1.63. The molecule has 0 aliphatic rings. The lowest BCUT2D eigenvalue weighted by Gasteiger charge is -2.06. The third kappa shape index (κ3) is 11.1. The molecule has 9 heteroatoms. The Morgan fingerprint density at radius 3 is 1.69 bits per heavy atom. The zero-order valence-corrected chi connectivity index (χ0v) is 20.7. The summed E-state index contributed by atoms with van der Waals surface area (Å²) >= 11 is 0. The topological polar surface area (TPSA) is 123 Å². The molecule has 0 heterocycles. The number of nitrogens with zero attached hydrogens (tertiary/aromatic N) is 4. The minimum atomic E-state index is -0.798. The van der Waals surface area contributed by atoms with E-state index in [4.69, 9.17) is 0 Å². The Bertz CT molecular complexity index is 947. The van der Waals surface area contributed by atoms with Gasteiger partial charge in [-0.05, 0) is 36.8 Å². The first kappa shape index (κ1) is 27.9. The number of nitro groups is 2. The van der Waals surface area contributed by atoms with Gasteiger partial charge in [-0.2, -0.15) is 10.2 Å². The molecule has 0 unspecified atom stereocenters. The van der Waals surface area contributed by atoms with E-state index in [-0.39, 0.29) is 5.69 Å². The van der Waals surface area contributed by atoms with Crippen molar-refractivity contribution in [1.82, 2.24) is 0 Å². The van der Waals surface area contributed by atoms with Gasteiger partial charge in [0.15, 0.2) is 0 Å². The van der Waals surface area contributed by atoms with E-state index in [0.29, 0.717) is 5.69 Å². The van der Waals surface area contributed by atoms with Crippen molar-refractivity contribution in [1.29, 1.82) is 0 Å². The highest BCUT2D eigenvalue weighted by atomic mass is 16.6. The molecule has 0 aliphatic carbocycles. The molecule has 0 bridgehead atoms. The number of azo groups is 1. The third-order valence-electron chi connectivity index (χ3n) is 5.86. The van der Waals surface area contributed by atoms with Gasteiger partial charge in [0, 0.05) is 18.3 Å². The monoisotopic (exact) mass is 483 g/mol. The lowest BCUT2D eigenvalue weighted by Crippen LogP contribution is -2.00. The number of hydrogen-bond acceptors (Lipinski definition) is 7. The summed E-state index contributed by atoms with van der Waals surface area (Å²) in [6.07, 6.45) is 16.0. The van der Waals surface area contributed by atoms with Crippen molar-refractivity contribution in [3.8, 4) is 0 Å². The number of hydrogen-bond donors (Lipinski definition) is 1. The molecule has 2 aromatic rings. The second-order valence-electron chi connectivity index (χ2n) is 8.75. The van der Waals surface area contributed by atoms with Gasteiger partial charge < -0.3 is 5.32 Å². The van der Waals surface area contributed by atoms with E-state index >= 15 is 0 Å². The average Bonchev–Trinajstić information content (AvgIpc) is 2.86. The maximum absolute atomic E-state index is 11.0. The Morgan fingerprint density at radius 1 is 0.657 bits per heavy atom. The maximum Gasteiger partial charge on any atom is 0.348 e. The van der Waals surface area contributed by atoms with Crippen LogP contribution in [-0.2, 0) is 0 Å². The Labute approximate surface area is 207 Å². The first-order valence-electron chi connectivity index (χ1n) is 12.7. The lowest BCUT2D eigenvalue weighted by molar-refractivity contribution is -0.422. The van der Waals surface area contributed by atoms with Crippen LogP contribution in [0.2, 0.25) is 0 Å². The van der Waals surface area contributed by atoms with E-state index in [0.717, 1.165) is 30.8 Å². The number of rotatable bonds is 18. The summed E-state index contributed by atoms with van der Waals surface area (Å²) in [4.78, 5) is 20.4. The Morgan fingerprint density at radius 2 is 1.14 bits per heavy atom. The van der Waals surface area contributed by atoms with Gasteiger partial charge in [0.1, 0.15) is 0 Å². The molecule has 190 valence electrons. The van der Waals surface area contributed by atoms with Crippen molar-refractivity contribution in [3.63, 3.8) is 0 Å². The second kappa shape index (κ2) is 16.3. The number of nitro benzene ring substituents is 2. The summed E-state index contributed by atoms with van der Waals surface area (Å²) in [6, 6.07) is 10.9. The van der Waals surface area contributed by atoms with Gasteiger partial charge in [-0.3, -0.25) is 20.2 Å². The molecular weight excluding hydrogens is 446 g/mol. The van der Waals surface area contributed by atoms with Gasteiger partial charge >= 0.3 is 11.4 Å². The summed E-state index contributed by atoms with van der Waals surface area (Å²) < 4.78 is 0. The van der Waals surface area contributed by atoms with Crippen molar-refractivity contribution in [2.45, 2.75) is 84.0 Å². The van der Waals surface area contributed by atoms with Crippen LogP contribution in [0, 0.1) is 20.2 Å². The minimum Gasteiger partial charge on any atom is -0.385 e. The summed E-state index contributed by atoms with van der Waals surface area (Å²) in [6.45, 7) is 3.18. The lowest BCUT2D eigenvalue weighted by atomic mass is 10.1. The predicted molar refractivity (Wildman–Crippen MR) is 140 cm³/mol. The molecule has 0 fully saturated rings. The first-order chi connectivity index (χ1) is 17.0. The molecular formula is C26H37N5O4. The normalized spacial score (nSPS) is 11.1. The molecule has 0 saturated heterocycles. The summed E-state index contributed by atoms with van der Waals surface area (Å²) in [5, 5.41) is 33.4. The molecule has 0 atom stereocenters. The second-order valence-corrected chi connectivity index (χ2v) is 8.75. The minimum absolute atomic E-state index is 0.177. The van der Waals surface area contributed by atoms with Crippen LogP contribution in [0.5, 0.6) is 0 Å². The Hall–Kier alpha value is -3.36. The van der Waals surface area contributed by atoms with Crippen LogP contribution < -0.4 is 5.32 Å². The van der Waals surface area contributed by atoms with E-state index in [2.05, 4.69) is 22.5 Å². The smallest absolute Gasteiger partial charge is 0.348 e. The van der Waals surface area contributed by atoms with Gasteiger partial charge in [0.2, 0.25) is 0 Å². The van der Waals surface area contributed by atoms with Crippen LogP contribution in [0.15, 0.2) is 52.7 Å². The van der Waals surface area contributed by atoms with Crippen molar-refractivity contribution in [2.75, 3.05) is 11.9 Å². The van der Waals surface area contributed by atoms with Gasteiger partial charge in [0.05, 0.1) is 27.3 Å². The van der Waals surface area contributed by atoms with Gasteiger partial charge in [-0.15, -0.1) is 0 Å². The molecule has 9 nitrogen and oxygen atoms in total. The predicted octanol–water partition coefficient (Wildman–Crippen LogP) is 9.03. The largest absolute Gasteiger partial charge is 0.385 e. The highest BCUT2D eigenvalue weighted by Gasteiger charge is 2.24. The fourth-order valence-corrected chi connectivity index (χ4v) is 3.83. The SMILES string of the molecule is CCCCCCCCCCCCCCNc1ccc(N=Nc2ccc([N+](=O)[O-])c([N+](=O)[O-])c2)cc1. The van der Waals surface area contributed by atoms with Crippen molar-refractivity contribution in [3.05, 3.63) is 62.7 Å². The molecule has 0 saturated carbocycles. The standard InChI is InChI=1S/C26H37N5O4/c1-2-3-4-5-6-7-8-9-10-11-12-13-20-27-22-14-16-23(17-15-22)28-29-24-18-19-25(30(32)33)26(21-24)31(34)35/h14-19,21,27H,2-13,20H2,1H3. The molecule has 2 aromatic carbocycles. The molecule has 0 amide bonds. The number of benzene rings is 2. The van der Waals surface area contributed by atoms with E-state index in [1.165, 1.54) is 76.7 Å². The van der Waals surface area contributed by atoms with Crippen LogP contribution in [0.1, 0.15) is 84.0 Å². The zero-order chi connectivity index (χ0) is 25.3. The third-order valence-corrected chi connectivity index (χ3v) is 5.86. The van der Waals surface area contributed by atoms with E-state index in [1.807, 2.05) is 12.1 Å². The quantitative estimate of drug-likeness (QED) is 0.0980. The van der Waals surface area contributed by atoms with Crippen LogP contribution in [0.25, 0.3) is 0 Å². The van der Waals surface area contributed by atoms with Crippen molar-refractivity contribution in [2.24, 2.45) is 10.2 Å². The van der Waals surface area contributed by atoms with Crippen molar-refractivity contribution < 1.29 is 9.85 Å². The summed E-state index contributed by atoms with van der Waals surface area (Å²) in [7, 11) is 0. The van der Waals surface area contributed by atoms with E-state index < -0.39 is 21.2 Å². The molecule has 0 aliphatic heterocycles. The van der Waals surface area contributed by atoms with Crippen molar-refractivity contribution >= 4 is 28.4 Å². The van der Waals surface area contributed by atoms with Gasteiger partial charge in [0.25, 0.3) is 0 Å². The van der Waals surface area contributed by atoms with Gasteiger partial charge in [-0.25, -0.2) is 0 Å². The molecule has 0 radical (unpaired) electrons. The highest BCUT2D eigenvalue weighted by Crippen LogP contribution is 2.31. The number of nitrogens with one attached hydrogen (secondary N) is 1. The van der Waals surface area contributed by atoms with Crippen LogP contribution in [0.3, 0.4) is 0 Å². The summed E-state index contributed by atoms with van der Waals surface area (Å²) in [5.41, 5.74) is 0.581. The van der Waals surface area contributed by atoms with Crippen LogP contribution in [-0.4, -0.2) is 16.4 Å². The molecule has 2 rings (SSSR count). The van der Waals surface area contributed by atoms with Crippen LogP contribution >= 0.6 is 0 Å². The maximum atomic E-state index is 11.0. The number of unbranched alkanes of at least 4 members (excludes halogenated alkanes) is 11. The molecule has 0 spiro atoms. The van der Waals surface area contributed by atoms with Gasteiger partial charge in [-0.1, -0.05) is 77.6 Å². The molecule has 35 heavy (non-hydrogen) atoms. The number of anilines is 1. The fourth-order valence-electron chi connectivity index (χ4n) is 3.83. The Kier molecular flexibility index (Phi) is 13.0. The molecule has 1 N–H and O–H groups in total. The zero-order valence-electron chi connectivity index (χ0n) is 20.7. The first-order valence-corrected chi connectivity index (χ1v) is 12.7. The summed E-state index contributed by atoms with van der Waals surface area (Å²) in [5.74, 6) is 0. The average molecular weight is 484 g/mol. The molecule has 0 aromatic heterocycles. The van der Waals surface area contributed by atoms with E-state index in [9.17, 15) is 20.2 Å². The van der Waals surface area contributed by atoms with E-state index in [1.54, 1.807) is 12.1 Å². The fraction of sp³-hybridized carbons (Fsp3) is 0.538. The van der Waals surface area contributed by atoms with Crippen LogP contribution in [0.4, 0.5) is 28.4 Å². The highest BCUT2D eigenvalue weighted by molar-refractivity contribution is 5.60.